The molecule has 0 saturated heterocycles. The Kier molecular flexibility index (Phi) is 3.33. The fourth-order valence-electron chi connectivity index (χ4n) is 2.12. The number of carbonyl (C=O) groups is 1. The molecule has 0 atom stereocenters. The number of benzene rings is 1. The normalized spacial score (nSPS) is 14.8. The van der Waals surface area contributed by atoms with Crippen molar-refractivity contribution in [1.29, 1.82) is 0 Å². The van der Waals surface area contributed by atoms with Crippen LogP contribution in [0.4, 0.5) is 8.78 Å². The highest BCUT2D eigenvalue weighted by molar-refractivity contribution is 6.16. The third kappa shape index (κ3) is 2.47. The Morgan fingerprint density at radius 1 is 1.45 bits per heavy atom. The first-order chi connectivity index (χ1) is 9.58. The van der Waals surface area contributed by atoms with Gasteiger partial charge in [0.05, 0.1) is 11.4 Å². The largest absolute Gasteiger partial charge is 0.352 e. The van der Waals surface area contributed by atoms with Gasteiger partial charge in [-0.25, -0.2) is 13.8 Å². The quantitative estimate of drug-likeness (QED) is 0.881. The summed E-state index contributed by atoms with van der Waals surface area (Å²) in [5.74, 6) is -1.31. The second-order valence-electron chi connectivity index (χ2n) is 4.84. The van der Waals surface area contributed by atoms with Crippen LogP contribution in [0.25, 0.3) is 11.0 Å². The van der Waals surface area contributed by atoms with E-state index >= 15 is 0 Å². The van der Waals surface area contributed by atoms with Crippen LogP contribution >= 0.6 is 11.6 Å². The van der Waals surface area contributed by atoms with Gasteiger partial charge < -0.3 is 9.88 Å². The van der Waals surface area contributed by atoms with Gasteiger partial charge in [-0.15, -0.1) is 11.6 Å². The first-order valence-corrected chi connectivity index (χ1v) is 6.81. The fraction of sp³-hybridized carbons (Fsp3) is 0.385. The topological polar surface area (TPSA) is 46.9 Å². The van der Waals surface area contributed by atoms with Crippen molar-refractivity contribution in [2.24, 2.45) is 0 Å². The summed E-state index contributed by atoms with van der Waals surface area (Å²) in [5, 5.41) is 2.82. The molecule has 20 heavy (non-hydrogen) atoms. The average molecular weight is 300 g/mol. The van der Waals surface area contributed by atoms with Gasteiger partial charge in [0.25, 0.3) is 0 Å². The van der Waals surface area contributed by atoms with E-state index in [0.717, 1.165) is 25.0 Å². The van der Waals surface area contributed by atoms with Crippen molar-refractivity contribution in [2.75, 3.05) is 0 Å². The van der Waals surface area contributed by atoms with Crippen molar-refractivity contribution in [2.45, 2.75) is 31.3 Å². The summed E-state index contributed by atoms with van der Waals surface area (Å²) in [6.45, 7) is -0.0437. The molecule has 2 aromatic rings. The second kappa shape index (κ2) is 5.01. The van der Waals surface area contributed by atoms with Crippen LogP contribution in [0, 0.1) is 11.6 Å². The molecule has 1 aromatic heterocycles. The molecule has 0 spiro atoms. The highest BCUT2D eigenvalue weighted by Gasteiger charge is 2.24. The minimum atomic E-state index is -0.757. The number of alkyl halides is 1. The van der Waals surface area contributed by atoms with Crippen molar-refractivity contribution in [1.82, 2.24) is 14.9 Å². The molecule has 1 heterocycles. The molecule has 1 amide bonds. The molecule has 1 aliphatic rings. The third-order valence-electron chi connectivity index (χ3n) is 3.21. The predicted molar refractivity (Wildman–Crippen MR) is 70.4 cm³/mol. The summed E-state index contributed by atoms with van der Waals surface area (Å²) in [6.07, 6.45) is 1.95. The molecule has 3 rings (SSSR count). The zero-order valence-corrected chi connectivity index (χ0v) is 11.3. The third-order valence-corrected chi connectivity index (χ3v) is 3.45. The Morgan fingerprint density at radius 2 is 2.20 bits per heavy atom. The van der Waals surface area contributed by atoms with E-state index in [0.29, 0.717) is 5.82 Å². The van der Waals surface area contributed by atoms with Gasteiger partial charge in [-0.3, -0.25) is 4.79 Å². The molecule has 1 saturated carbocycles. The average Bonchev–Trinajstić information content (AvgIpc) is 3.12. The Hall–Kier alpha value is -1.69. The predicted octanol–water partition coefficient (Wildman–Crippen LogP) is 2.33. The van der Waals surface area contributed by atoms with E-state index in [4.69, 9.17) is 11.6 Å². The molecule has 0 unspecified atom stereocenters. The molecule has 1 aromatic carbocycles. The van der Waals surface area contributed by atoms with Crippen molar-refractivity contribution in [3.63, 3.8) is 0 Å². The van der Waals surface area contributed by atoms with E-state index < -0.39 is 11.6 Å². The number of hydrogen-bond acceptors (Lipinski definition) is 2. The number of nitrogens with zero attached hydrogens (tertiary/aromatic N) is 2. The minimum Gasteiger partial charge on any atom is -0.352 e. The summed E-state index contributed by atoms with van der Waals surface area (Å²) in [7, 11) is 0. The lowest BCUT2D eigenvalue weighted by Crippen LogP contribution is -2.29. The monoisotopic (exact) mass is 299 g/mol. The van der Waals surface area contributed by atoms with Crippen molar-refractivity contribution >= 4 is 28.5 Å². The van der Waals surface area contributed by atoms with E-state index in [-0.39, 0.29) is 35.4 Å². The zero-order valence-electron chi connectivity index (χ0n) is 10.5. The maximum absolute atomic E-state index is 13.7. The van der Waals surface area contributed by atoms with Crippen LogP contribution < -0.4 is 5.32 Å². The number of amides is 1. The van der Waals surface area contributed by atoms with E-state index in [2.05, 4.69) is 10.3 Å². The maximum Gasteiger partial charge on any atom is 0.240 e. The summed E-state index contributed by atoms with van der Waals surface area (Å²) >= 11 is 5.77. The van der Waals surface area contributed by atoms with E-state index in [1.165, 1.54) is 4.57 Å². The van der Waals surface area contributed by atoms with Crippen LogP contribution in [0.2, 0.25) is 0 Å². The SMILES string of the molecule is O=C(Cn1c(CCl)nc2c(F)cc(F)cc21)NC1CC1. The number of nitrogens with one attached hydrogen (secondary N) is 1. The molecule has 0 radical (unpaired) electrons. The summed E-state index contributed by atoms with van der Waals surface area (Å²) in [5.41, 5.74) is 0.269. The van der Waals surface area contributed by atoms with Gasteiger partial charge in [-0.05, 0) is 18.9 Å². The number of hydrogen-bond donors (Lipinski definition) is 1. The number of aromatic nitrogens is 2. The number of imidazole rings is 1. The highest BCUT2D eigenvalue weighted by Crippen LogP contribution is 2.23. The molecular weight excluding hydrogens is 288 g/mol. The van der Waals surface area contributed by atoms with E-state index in [1.807, 2.05) is 0 Å². The summed E-state index contributed by atoms with van der Waals surface area (Å²) < 4.78 is 28.5. The standard InChI is InChI=1S/C13H12ClF2N3O/c14-5-11-18-13-9(16)3-7(15)4-10(13)19(11)6-12(20)17-8-1-2-8/h3-4,8H,1-2,5-6H2,(H,17,20). The first-order valence-electron chi connectivity index (χ1n) is 6.28. The molecule has 4 nitrogen and oxygen atoms in total. The minimum absolute atomic E-state index is 0.0203. The molecule has 1 N–H and O–H groups in total. The van der Waals surface area contributed by atoms with Crippen LogP contribution in [0.15, 0.2) is 12.1 Å². The van der Waals surface area contributed by atoms with Crippen molar-refractivity contribution in [3.05, 3.63) is 29.6 Å². The van der Waals surface area contributed by atoms with Crippen LogP contribution in [0.3, 0.4) is 0 Å². The lowest BCUT2D eigenvalue weighted by atomic mass is 10.3. The number of fused-ring (bicyclic) bond motifs is 1. The highest BCUT2D eigenvalue weighted by atomic mass is 35.5. The number of halogens is 3. The van der Waals surface area contributed by atoms with Gasteiger partial charge >= 0.3 is 0 Å². The molecule has 7 heteroatoms. The van der Waals surface area contributed by atoms with Crippen LogP contribution in [-0.2, 0) is 17.2 Å². The van der Waals surface area contributed by atoms with E-state index in [9.17, 15) is 13.6 Å². The zero-order chi connectivity index (χ0) is 14.3. The Morgan fingerprint density at radius 3 is 2.85 bits per heavy atom. The van der Waals surface area contributed by atoms with Crippen molar-refractivity contribution < 1.29 is 13.6 Å². The molecule has 106 valence electrons. The van der Waals surface area contributed by atoms with Gasteiger partial charge in [0.15, 0.2) is 5.82 Å². The lowest BCUT2D eigenvalue weighted by molar-refractivity contribution is -0.121. The molecule has 0 aliphatic heterocycles. The number of rotatable bonds is 4. The first kappa shape index (κ1) is 13.3. The number of carbonyl (C=O) groups excluding carboxylic acids is 1. The summed E-state index contributed by atoms with van der Waals surface area (Å²) in [4.78, 5) is 15.9. The molecule has 1 aliphatic carbocycles. The Labute approximate surface area is 118 Å². The maximum atomic E-state index is 13.7. The van der Waals surface area contributed by atoms with Crippen LogP contribution in [0.1, 0.15) is 18.7 Å². The smallest absolute Gasteiger partial charge is 0.240 e. The van der Waals surface area contributed by atoms with Crippen LogP contribution in [0.5, 0.6) is 0 Å². The van der Waals surface area contributed by atoms with Gasteiger partial charge in [0.1, 0.15) is 23.7 Å². The molecular formula is C13H12ClF2N3O. The van der Waals surface area contributed by atoms with Crippen LogP contribution in [-0.4, -0.2) is 21.5 Å². The van der Waals surface area contributed by atoms with Gasteiger partial charge in [0.2, 0.25) is 5.91 Å². The van der Waals surface area contributed by atoms with Gasteiger partial charge in [-0.2, -0.15) is 0 Å². The Balaban J connectivity index is 2.00. The van der Waals surface area contributed by atoms with Gasteiger partial charge in [-0.1, -0.05) is 0 Å². The summed E-state index contributed by atoms with van der Waals surface area (Å²) in [6, 6.07) is 2.15. The van der Waals surface area contributed by atoms with Crippen molar-refractivity contribution in [3.8, 4) is 0 Å². The molecule has 0 bridgehead atoms. The lowest BCUT2D eigenvalue weighted by Gasteiger charge is -2.08. The molecule has 1 fully saturated rings. The van der Waals surface area contributed by atoms with E-state index in [1.54, 1.807) is 0 Å². The second-order valence-corrected chi connectivity index (χ2v) is 5.11. The fourth-order valence-corrected chi connectivity index (χ4v) is 2.32. The Bertz CT molecular complexity index is 682. The van der Waals surface area contributed by atoms with Gasteiger partial charge in [0, 0.05) is 12.1 Å².